The maximum absolute atomic E-state index is 11.5. The van der Waals surface area contributed by atoms with E-state index in [1.807, 2.05) is 19.1 Å². The van der Waals surface area contributed by atoms with Crippen molar-refractivity contribution in [2.24, 2.45) is 0 Å². The number of hydrogen-bond acceptors (Lipinski definition) is 2. The highest BCUT2D eigenvalue weighted by molar-refractivity contribution is 5.75. The third-order valence-electron chi connectivity index (χ3n) is 2.25. The van der Waals surface area contributed by atoms with E-state index in [4.69, 9.17) is 5.11 Å². The average molecular weight is 207 g/mol. The molecule has 0 radical (unpaired) electrons. The summed E-state index contributed by atoms with van der Waals surface area (Å²) < 4.78 is 0. The molecule has 1 aromatic carbocycles. The Labute approximate surface area is 90.3 Å². The van der Waals surface area contributed by atoms with E-state index < -0.39 is 0 Å². The first-order chi connectivity index (χ1) is 7.13. The van der Waals surface area contributed by atoms with Crippen LogP contribution in [0, 0.1) is 0 Å². The van der Waals surface area contributed by atoms with Crippen molar-refractivity contribution in [1.29, 1.82) is 0 Å². The lowest BCUT2D eigenvalue weighted by atomic mass is 10.2. The fourth-order valence-electron chi connectivity index (χ4n) is 1.37. The van der Waals surface area contributed by atoms with Crippen LogP contribution in [0.15, 0.2) is 24.3 Å². The third kappa shape index (κ3) is 3.62. The molecule has 0 heterocycles. The maximum atomic E-state index is 11.5. The summed E-state index contributed by atoms with van der Waals surface area (Å²) in [6, 6.07) is 6.91. The van der Waals surface area contributed by atoms with E-state index >= 15 is 0 Å². The molecule has 0 spiro atoms. The van der Waals surface area contributed by atoms with Gasteiger partial charge < -0.3 is 10.0 Å². The molecule has 0 aliphatic rings. The second kappa shape index (κ2) is 5.39. The summed E-state index contributed by atoms with van der Waals surface area (Å²) in [4.78, 5) is 13.2. The molecule has 0 unspecified atom stereocenters. The van der Waals surface area contributed by atoms with Crippen LogP contribution in [0.1, 0.15) is 25.3 Å². The lowest BCUT2D eigenvalue weighted by Gasteiger charge is -2.16. The fraction of sp³-hybridized carbons (Fsp3) is 0.417. The van der Waals surface area contributed by atoms with Gasteiger partial charge in [0.15, 0.2) is 0 Å². The second-order valence-electron chi connectivity index (χ2n) is 3.67. The van der Waals surface area contributed by atoms with Gasteiger partial charge in [-0.25, -0.2) is 0 Å². The van der Waals surface area contributed by atoms with Crippen molar-refractivity contribution in [3.8, 4) is 5.75 Å². The zero-order chi connectivity index (χ0) is 11.3. The number of phenolic OH excluding ortho intramolecular Hbond substituents is 1. The van der Waals surface area contributed by atoms with Gasteiger partial charge in [-0.2, -0.15) is 0 Å². The van der Waals surface area contributed by atoms with Crippen LogP contribution >= 0.6 is 0 Å². The molecular formula is C12H17NO2. The van der Waals surface area contributed by atoms with E-state index in [0.29, 0.717) is 13.0 Å². The number of aromatic hydroxyl groups is 1. The first-order valence-corrected chi connectivity index (χ1v) is 5.15. The first kappa shape index (κ1) is 11.6. The van der Waals surface area contributed by atoms with Crippen LogP contribution in [0.4, 0.5) is 0 Å². The minimum Gasteiger partial charge on any atom is -0.508 e. The highest BCUT2D eigenvalue weighted by atomic mass is 16.3. The van der Waals surface area contributed by atoms with Crippen molar-refractivity contribution in [3.05, 3.63) is 29.8 Å². The molecule has 0 aliphatic heterocycles. The maximum Gasteiger partial charge on any atom is 0.222 e. The Hall–Kier alpha value is -1.51. The Bertz CT molecular complexity index is 319. The molecule has 0 fully saturated rings. The number of phenols is 1. The minimum atomic E-state index is 0.158. The molecule has 1 rings (SSSR count). The van der Waals surface area contributed by atoms with Crippen molar-refractivity contribution >= 4 is 5.91 Å². The van der Waals surface area contributed by atoms with Crippen molar-refractivity contribution < 1.29 is 9.90 Å². The molecule has 0 aromatic heterocycles. The highest BCUT2D eigenvalue weighted by Crippen LogP contribution is 2.11. The standard InChI is InChI=1S/C12H17NO2/c1-3-4-12(15)13(2)9-10-5-7-11(14)8-6-10/h5-8,14H,3-4,9H2,1-2H3. The Morgan fingerprint density at radius 2 is 1.93 bits per heavy atom. The number of rotatable bonds is 4. The molecule has 0 saturated heterocycles. The summed E-state index contributed by atoms with van der Waals surface area (Å²) in [6.07, 6.45) is 1.47. The normalized spacial score (nSPS) is 10.0. The molecular weight excluding hydrogens is 190 g/mol. The largest absolute Gasteiger partial charge is 0.508 e. The van der Waals surface area contributed by atoms with Crippen molar-refractivity contribution in [2.75, 3.05) is 7.05 Å². The van der Waals surface area contributed by atoms with Crippen molar-refractivity contribution in [2.45, 2.75) is 26.3 Å². The monoisotopic (exact) mass is 207 g/mol. The molecule has 0 saturated carbocycles. The topological polar surface area (TPSA) is 40.5 Å². The number of carbonyl (C=O) groups is 1. The molecule has 0 aliphatic carbocycles. The highest BCUT2D eigenvalue weighted by Gasteiger charge is 2.07. The summed E-state index contributed by atoms with van der Waals surface area (Å²) in [5, 5.41) is 9.10. The molecule has 3 heteroatoms. The van der Waals surface area contributed by atoms with Gasteiger partial charge in [0.1, 0.15) is 5.75 Å². The van der Waals surface area contributed by atoms with Crippen LogP contribution < -0.4 is 0 Å². The Morgan fingerprint density at radius 1 is 1.33 bits per heavy atom. The second-order valence-corrected chi connectivity index (χ2v) is 3.67. The Morgan fingerprint density at radius 3 is 2.47 bits per heavy atom. The number of benzene rings is 1. The van der Waals surface area contributed by atoms with Gasteiger partial charge in [-0.3, -0.25) is 4.79 Å². The van der Waals surface area contributed by atoms with Gasteiger partial charge in [-0.15, -0.1) is 0 Å². The molecule has 82 valence electrons. The molecule has 3 nitrogen and oxygen atoms in total. The SMILES string of the molecule is CCCC(=O)N(C)Cc1ccc(O)cc1. The van der Waals surface area contributed by atoms with Gasteiger partial charge in [0, 0.05) is 20.0 Å². The van der Waals surface area contributed by atoms with E-state index in [2.05, 4.69) is 0 Å². The summed E-state index contributed by atoms with van der Waals surface area (Å²) in [5.41, 5.74) is 1.03. The predicted octanol–water partition coefficient (Wildman–Crippen LogP) is 2.15. The summed E-state index contributed by atoms with van der Waals surface area (Å²) >= 11 is 0. The third-order valence-corrected chi connectivity index (χ3v) is 2.25. The number of hydrogen-bond donors (Lipinski definition) is 1. The smallest absolute Gasteiger partial charge is 0.222 e. The fourth-order valence-corrected chi connectivity index (χ4v) is 1.37. The van der Waals surface area contributed by atoms with Gasteiger partial charge in [0.25, 0.3) is 0 Å². The van der Waals surface area contributed by atoms with Crippen molar-refractivity contribution in [3.63, 3.8) is 0 Å². The summed E-state index contributed by atoms with van der Waals surface area (Å²) in [6.45, 7) is 2.59. The van der Waals surface area contributed by atoms with Gasteiger partial charge in [0.2, 0.25) is 5.91 Å². The van der Waals surface area contributed by atoms with Crippen molar-refractivity contribution in [1.82, 2.24) is 4.90 Å². The summed E-state index contributed by atoms with van der Waals surface area (Å²) in [7, 11) is 1.80. The Balaban J connectivity index is 2.54. The molecule has 1 amide bonds. The van der Waals surface area contributed by atoms with E-state index in [-0.39, 0.29) is 11.7 Å². The van der Waals surface area contributed by atoms with E-state index in [0.717, 1.165) is 12.0 Å². The van der Waals surface area contributed by atoms with Crippen LogP contribution in [-0.4, -0.2) is 23.0 Å². The first-order valence-electron chi connectivity index (χ1n) is 5.15. The molecule has 1 aromatic rings. The number of carbonyl (C=O) groups excluding carboxylic acids is 1. The number of nitrogens with zero attached hydrogens (tertiary/aromatic N) is 1. The zero-order valence-corrected chi connectivity index (χ0v) is 9.23. The van der Waals surface area contributed by atoms with E-state index in [1.165, 1.54) is 0 Å². The van der Waals surface area contributed by atoms with Gasteiger partial charge in [-0.1, -0.05) is 19.1 Å². The number of amides is 1. The predicted molar refractivity (Wildman–Crippen MR) is 59.5 cm³/mol. The lowest BCUT2D eigenvalue weighted by molar-refractivity contribution is -0.130. The van der Waals surface area contributed by atoms with Crippen LogP contribution in [0.25, 0.3) is 0 Å². The molecule has 15 heavy (non-hydrogen) atoms. The molecule has 0 atom stereocenters. The quantitative estimate of drug-likeness (QED) is 0.821. The van der Waals surface area contributed by atoms with Crippen LogP contribution in [0.3, 0.4) is 0 Å². The van der Waals surface area contributed by atoms with Crippen LogP contribution in [0.2, 0.25) is 0 Å². The van der Waals surface area contributed by atoms with Gasteiger partial charge in [-0.05, 0) is 24.1 Å². The lowest BCUT2D eigenvalue weighted by Crippen LogP contribution is -2.25. The van der Waals surface area contributed by atoms with Gasteiger partial charge >= 0.3 is 0 Å². The zero-order valence-electron chi connectivity index (χ0n) is 9.23. The van der Waals surface area contributed by atoms with E-state index in [9.17, 15) is 4.79 Å². The summed E-state index contributed by atoms with van der Waals surface area (Å²) in [5.74, 6) is 0.409. The molecule has 1 N–H and O–H groups in total. The molecule has 0 bridgehead atoms. The van der Waals surface area contributed by atoms with Crippen LogP contribution in [0.5, 0.6) is 5.75 Å². The minimum absolute atomic E-state index is 0.158. The Kier molecular flexibility index (Phi) is 4.16. The average Bonchev–Trinajstić information content (AvgIpc) is 2.22. The van der Waals surface area contributed by atoms with Crippen LogP contribution in [-0.2, 0) is 11.3 Å². The van der Waals surface area contributed by atoms with Gasteiger partial charge in [0.05, 0.1) is 0 Å². The van der Waals surface area contributed by atoms with E-state index in [1.54, 1.807) is 24.1 Å².